The van der Waals surface area contributed by atoms with E-state index in [9.17, 15) is 4.79 Å². The molecule has 0 aromatic carbocycles. The number of nitrogens with one attached hydrogen (secondary N) is 1. The van der Waals surface area contributed by atoms with Crippen molar-refractivity contribution in [2.75, 3.05) is 19.6 Å². The summed E-state index contributed by atoms with van der Waals surface area (Å²) >= 11 is 0. The minimum atomic E-state index is -0.459. The minimum absolute atomic E-state index is 0.193. The fourth-order valence-electron chi connectivity index (χ4n) is 2.97. The number of piperidine rings is 1. The fourth-order valence-corrected chi connectivity index (χ4v) is 2.97. The Balaban J connectivity index is 1.62. The maximum Gasteiger partial charge on any atom is 0.407 e. The molecule has 1 aromatic heterocycles. The molecular formula is C17H29N7O2. The smallest absolute Gasteiger partial charge is 0.407 e. The number of nitrogens with zero attached hydrogens (tertiary/aromatic N) is 6. The van der Waals surface area contributed by atoms with Crippen LogP contribution in [0.25, 0.3) is 10.4 Å². The van der Waals surface area contributed by atoms with Crippen molar-refractivity contribution >= 4 is 6.09 Å². The maximum atomic E-state index is 11.8. The largest absolute Gasteiger partial charge is 0.444 e. The fraction of sp³-hybridized carbons (Fsp3) is 0.765. The molecule has 2 heterocycles. The van der Waals surface area contributed by atoms with E-state index in [1.807, 2.05) is 31.5 Å². The molecule has 9 heteroatoms. The summed E-state index contributed by atoms with van der Waals surface area (Å²) in [4.78, 5) is 21.2. The van der Waals surface area contributed by atoms with Crippen LogP contribution >= 0.6 is 0 Å². The number of ether oxygens (including phenoxy) is 1. The molecule has 1 aromatic rings. The number of alkyl carbamates (subject to hydrolysis) is 1. The lowest BCUT2D eigenvalue weighted by Gasteiger charge is -2.32. The average Bonchev–Trinajstić information content (AvgIpc) is 3.00. The number of hydrogen-bond donors (Lipinski definition) is 1. The zero-order chi connectivity index (χ0) is 19.0. The third-order valence-corrected chi connectivity index (χ3v) is 4.18. The molecule has 144 valence electrons. The van der Waals surface area contributed by atoms with E-state index in [1.165, 1.54) is 0 Å². The van der Waals surface area contributed by atoms with Gasteiger partial charge in [-0.1, -0.05) is 5.11 Å². The lowest BCUT2D eigenvalue weighted by Crippen LogP contribution is -2.46. The number of amides is 1. The van der Waals surface area contributed by atoms with Crippen LogP contribution in [-0.4, -0.2) is 51.8 Å². The lowest BCUT2D eigenvalue weighted by atomic mass is 10.1. The van der Waals surface area contributed by atoms with Gasteiger partial charge in [0, 0.05) is 36.8 Å². The van der Waals surface area contributed by atoms with E-state index in [2.05, 4.69) is 25.2 Å². The molecule has 26 heavy (non-hydrogen) atoms. The van der Waals surface area contributed by atoms with E-state index < -0.39 is 5.60 Å². The van der Waals surface area contributed by atoms with Crippen molar-refractivity contribution in [3.63, 3.8) is 0 Å². The Morgan fingerprint density at radius 2 is 2.15 bits per heavy atom. The van der Waals surface area contributed by atoms with Gasteiger partial charge in [0.2, 0.25) is 0 Å². The maximum absolute atomic E-state index is 11.8. The molecule has 0 bridgehead atoms. The molecule has 0 saturated carbocycles. The molecule has 1 aliphatic rings. The summed E-state index contributed by atoms with van der Waals surface area (Å²) in [5.74, 6) is 0. The molecule has 1 amide bonds. The standard InChI is InChI=1S/C17H29N7O2/c1-17(2,3)26-16(25)21-14-5-9-23(10-6-14)7-4-8-24-12-15(19-13-24)11-20-22-18/h12-14H,4-11H2,1-3H3,(H,21,25). The molecule has 0 aliphatic carbocycles. The molecule has 0 spiro atoms. The van der Waals surface area contributed by atoms with Crippen LogP contribution < -0.4 is 5.32 Å². The number of aryl methyl sites for hydroxylation is 1. The summed E-state index contributed by atoms with van der Waals surface area (Å²) < 4.78 is 7.34. The van der Waals surface area contributed by atoms with Gasteiger partial charge in [-0.2, -0.15) is 0 Å². The highest BCUT2D eigenvalue weighted by molar-refractivity contribution is 5.68. The van der Waals surface area contributed by atoms with Crippen LogP contribution in [0.15, 0.2) is 17.6 Å². The van der Waals surface area contributed by atoms with Gasteiger partial charge >= 0.3 is 6.09 Å². The molecule has 1 saturated heterocycles. The molecule has 1 fully saturated rings. The summed E-state index contributed by atoms with van der Waals surface area (Å²) in [5, 5.41) is 6.48. The van der Waals surface area contributed by atoms with Crippen LogP contribution in [-0.2, 0) is 17.8 Å². The van der Waals surface area contributed by atoms with Gasteiger partial charge in [-0.05, 0) is 52.1 Å². The normalized spacial score (nSPS) is 16.1. The highest BCUT2D eigenvalue weighted by atomic mass is 16.6. The lowest BCUT2D eigenvalue weighted by molar-refractivity contribution is 0.0478. The van der Waals surface area contributed by atoms with Crippen molar-refractivity contribution < 1.29 is 9.53 Å². The van der Waals surface area contributed by atoms with E-state index in [4.69, 9.17) is 10.3 Å². The predicted molar refractivity (Wildman–Crippen MR) is 98.5 cm³/mol. The van der Waals surface area contributed by atoms with Crippen molar-refractivity contribution in [2.45, 2.75) is 64.8 Å². The Morgan fingerprint density at radius 1 is 1.42 bits per heavy atom. The molecular weight excluding hydrogens is 334 g/mol. The van der Waals surface area contributed by atoms with Gasteiger partial charge in [0.1, 0.15) is 5.60 Å². The van der Waals surface area contributed by atoms with Gasteiger partial charge in [-0.3, -0.25) is 0 Å². The first kappa shape index (κ1) is 20.1. The molecule has 9 nitrogen and oxygen atoms in total. The van der Waals surface area contributed by atoms with Crippen molar-refractivity contribution in [3.8, 4) is 0 Å². The summed E-state index contributed by atoms with van der Waals surface area (Å²) in [6, 6.07) is 0.193. The van der Waals surface area contributed by atoms with E-state index >= 15 is 0 Å². The molecule has 0 radical (unpaired) electrons. The Morgan fingerprint density at radius 3 is 2.81 bits per heavy atom. The van der Waals surface area contributed by atoms with Gasteiger partial charge in [0.15, 0.2) is 0 Å². The van der Waals surface area contributed by atoms with E-state index in [-0.39, 0.29) is 12.1 Å². The molecule has 1 N–H and O–H groups in total. The summed E-state index contributed by atoms with van der Waals surface area (Å²) in [7, 11) is 0. The Bertz CT molecular complexity index is 623. The zero-order valence-electron chi connectivity index (χ0n) is 15.9. The average molecular weight is 363 g/mol. The van der Waals surface area contributed by atoms with E-state index in [0.29, 0.717) is 6.54 Å². The predicted octanol–water partition coefficient (Wildman–Crippen LogP) is 3.07. The van der Waals surface area contributed by atoms with E-state index in [1.54, 1.807) is 6.33 Å². The minimum Gasteiger partial charge on any atom is -0.444 e. The highest BCUT2D eigenvalue weighted by Gasteiger charge is 2.23. The van der Waals surface area contributed by atoms with Gasteiger partial charge in [0.25, 0.3) is 0 Å². The van der Waals surface area contributed by atoms with Crippen molar-refractivity contribution in [1.29, 1.82) is 0 Å². The number of carbonyl (C=O) groups is 1. The van der Waals surface area contributed by atoms with Gasteiger partial charge in [0.05, 0.1) is 18.6 Å². The van der Waals surface area contributed by atoms with Crippen molar-refractivity contribution in [3.05, 3.63) is 28.7 Å². The topological polar surface area (TPSA) is 108 Å². The van der Waals surface area contributed by atoms with Gasteiger partial charge < -0.3 is 19.5 Å². The number of hydrogen-bond acceptors (Lipinski definition) is 5. The zero-order valence-corrected chi connectivity index (χ0v) is 15.9. The first-order chi connectivity index (χ1) is 12.4. The molecule has 1 aliphatic heterocycles. The first-order valence-electron chi connectivity index (χ1n) is 9.09. The highest BCUT2D eigenvalue weighted by Crippen LogP contribution is 2.13. The third-order valence-electron chi connectivity index (χ3n) is 4.18. The van der Waals surface area contributed by atoms with Crippen molar-refractivity contribution in [1.82, 2.24) is 19.8 Å². The van der Waals surface area contributed by atoms with Crippen LogP contribution in [0.3, 0.4) is 0 Å². The van der Waals surface area contributed by atoms with Crippen LogP contribution in [0, 0.1) is 0 Å². The van der Waals surface area contributed by atoms with Crippen LogP contribution in [0.2, 0.25) is 0 Å². The Kier molecular flexibility index (Phi) is 7.29. The quantitative estimate of drug-likeness (QED) is 0.456. The molecule has 0 atom stereocenters. The van der Waals surface area contributed by atoms with Crippen LogP contribution in [0.1, 0.15) is 45.7 Å². The second-order valence-electron chi connectivity index (χ2n) is 7.61. The second kappa shape index (κ2) is 9.45. The van der Waals surface area contributed by atoms with Gasteiger partial charge in [-0.15, -0.1) is 0 Å². The number of aromatic nitrogens is 2. The first-order valence-corrected chi connectivity index (χ1v) is 9.09. The van der Waals surface area contributed by atoms with Crippen molar-refractivity contribution in [2.24, 2.45) is 5.11 Å². The number of carbonyl (C=O) groups excluding carboxylic acids is 1. The number of imidazole rings is 1. The molecule has 2 rings (SSSR count). The van der Waals surface area contributed by atoms with E-state index in [0.717, 1.165) is 51.1 Å². The summed E-state index contributed by atoms with van der Waals surface area (Å²) in [6.07, 6.45) is 6.29. The van der Waals surface area contributed by atoms with Crippen LogP contribution in [0.5, 0.6) is 0 Å². The summed E-state index contributed by atoms with van der Waals surface area (Å²) in [5.41, 5.74) is 8.65. The number of azide groups is 1. The monoisotopic (exact) mass is 363 g/mol. The Hall–Kier alpha value is -2.25. The SMILES string of the molecule is CC(C)(C)OC(=O)NC1CCN(CCCn2cnc(CN=[N+]=[N-])c2)CC1. The van der Waals surface area contributed by atoms with Crippen LogP contribution in [0.4, 0.5) is 4.79 Å². The third kappa shape index (κ3) is 7.33. The Labute approximate surface area is 154 Å². The van der Waals surface area contributed by atoms with Gasteiger partial charge in [-0.25, -0.2) is 9.78 Å². The molecule has 0 unspecified atom stereocenters. The second-order valence-corrected chi connectivity index (χ2v) is 7.61. The number of rotatable bonds is 7. The number of likely N-dealkylation sites (tertiary alicyclic amines) is 1. The summed E-state index contributed by atoms with van der Waals surface area (Å²) in [6.45, 7) is 9.77.